The molecule has 3 amide bonds. The van der Waals surface area contributed by atoms with E-state index in [2.05, 4.69) is 16.0 Å². The van der Waals surface area contributed by atoms with Crippen LogP contribution in [0, 0.1) is 5.92 Å². The maximum absolute atomic E-state index is 12.6. The summed E-state index contributed by atoms with van der Waals surface area (Å²) in [7, 11) is 0. The van der Waals surface area contributed by atoms with Crippen molar-refractivity contribution in [1.82, 2.24) is 16.0 Å². The van der Waals surface area contributed by atoms with Crippen LogP contribution >= 0.6 is 0 Å². The highest BCUT2D eigenvalue weighted by Crippen LogP contribution is 2.15. The van der Waals surface area contributed by atoms with Crippen molar-refractivity contribution < 1.29 is 23.9 Å². The van der Waals surface area contributed by atoms with Gasteiger partial charge in [-0.15, -0.1) is 0 Å². The molecule has 2 rings (SSSR count). The second-order valence-electron chi connectivity index (χ2n) is 7.16. The third-order valence-corrected chi connectivity index (χ3v) is 4.86. The van der Waals surface area contributed by atoms with E-state index in [1.165, 1.54) is 0 Å². The van der Waals surface area contributed by atoms with Crippen molar-refractivity contribution in [3.8, 4) is 0 Å². The molecule has 0 radical (unpaired) electrons. The molecule has 1 fully saturated rings. The molecule has 1 aromatic rings. The van der Waals surface area contributed by atoms with Gasteiger partial charge in [-0.1, -0.05) is 50.1 Å². The highest BCUT2D eigenvalue weighted by Gasteiger charge is 2.29. The molecule has 29 heavy (non-hydrogen) atoms. The van der Waals surface area contributed by atoms with Crippen LogP contribution in [0.25, 0.3) is 0 Å². The van der Waals surface area contributed by atoms with E-state index in [1.54, 1.807) is 0 Å². The predicted molar refractivity (Wildman–Crippen MR) is 107 cm³/mol. The Bertz CT molecular complexity index is 695. The molecule has 1 aliphatic heterocycles. The highest BCUT2D eigenvalue weighted by atomic mass is 16.5. The molecule has 1 aromatic carbocycles. The molecular formula is C21H29N3O5. The molecular weight excluding hydrogens is 374 g/mol. The summed E-state index contributed by atoms with van der Waals surface area (Å²) in [6.45, 7) is 2.66. The van der Waals surface area contributed by atoms with Gasteiger partial charge in [-0.2, -0.15) is 0 Å². The molecule has 1 saturated heterocycles. The summed E-state index contributed by atoms with van der Waals surface area (Å²) in [6.07, 6.45) is 2.84. The smallest absolute Gasteiger partial charge is 0.408 e. The number of carbonyl (C=O) groups is 4. The van der Waals surface area contributed by atoms with Gasteiger partial charge in [0.2, 0.25) is 11.8 Å². The summed E-state index contributed by atoms with van der Waals surface area (Å²) < 4.78 is 5.19. The molecule has 0 bridgehead atoms. The number of amides is 3. The van der Waals surface area contributed by atoms with E-state index >= 15 is 0 Å². The van der Waals surface area contributed by atoms with Crippen LogP contribution in [-0.2, 0) is 25.7 Å². The Labute approximate surface area is 170 Å². The van der Waals surface area contributed by atoms with Crippen molar-refractivity contribution in [2.45, 2.75) is 57.7 Å². The van der Waals surface area contributed by atoms with Crippen LogP contribution in [0.1, 0.15) is 44.6 Å². The van der Waals surface area contributed by atoms with Gasteiger partial charge in [-0.25, -0.2) is 4.79 Å². The first-order chi connectivity index (χ1) is 14.0. The van der Waals surface area contributed by atoms with Gasteiger partial charge in [0.15, 0.2) is 0 Å². The quantitative estimate of drug-likeness (QED) is 0.487. The minimum atomic E-state index is -0.807. The number of carbonyl (C=O) groups excluding carboxylic acids is 4. The van der Waals surface area contributed by atoms with Gasteiger partial charge in [0.05, 0.1) is 6.04 Å². The molecule has 0 saturated carbocycles. The van der Waals surface area contributed by atoms with Crippen molar-refractivity contribution in [2.24, 2.45) is 5.92 Å². The van der Waals surface area contributed by atoms with Crippen molar-refractivity contribution in [1.29, 1.82) is 0 Å². The van der Waals surface area contributed by atoms with E-state index in [4.69, 9.17) is 4.74 Å². The molecule has 3 atom stereocenters. The molecule has 0 aromatic heterocycles. The lowest BCUT2D eigenvalue weighted by Crippen LogP contribution is -2.50. The molecule has 0 spiro atoms. The Morgan fingerprint density at radius 3 is 2.66 bits per heavy atom. The Morgan fingerprint density at radius 1 is 1.28 bits per heavy atom. The fourth-order valence-corrected chi connectivity index (χ4v) is 3.19. The van der Waals surface area contributed by atoms with Gasteiger partial charge in [0, 0.05) is 12.5 Å². The number of nitrogens with one attached hydrogen (secondary N) is 3. The zero-order valence-electron chi connectivity index (χ0n) is 16.7. The van der Waals surface area contributed by atoms with Crippen LogP contribution in [0.3, 0.4) is 0 Å². The number of ether oxygens (including phenoxy) is 1. The molecule has 158 valence electrons. The van der Waals surface area contributed by atoms with Crippen LogP contribution < -0.4 is 16.0 Å². The number of hydrogen-bond acceptors (Lipinski definition) is 5. The normalized spacial score (nSPS) is 17.7. The van der Waals surface area contributed by atoms with Gasteiger partial charge in [0.1, 0.15) is 18.9 Å². The molecule has 1 heterocycles. The highest BCUT2D eigenvalue weighted by molar-refractivity contribution is 5.88. The SMILES string of the molecule is CCCC[C@H](NC(=O)OCc1ccccc1)C(=O)N[C@H](C=O)CC1CCNC1=O. The van der Waals surface area contributed by atoms with E-state index in [0.717, 1.165) is 18.4 Å². The fraction of sp³-hybridized carbons (Fsp3) is 0.524. The summed E-state index contributed by atoms with van der Waals surface area (Å²) in [5.74, 6) is -0.842. The monoisotopic (exact) mass is 403 g/mol. The van der Waals surface area contributed by atoms with Gasteiger partial charge in [-0.3, -0.25) is 9.59 Å². The number of rotatable bonds is 11. The van der Waals surface area contributed by atoms with Crippen LogP contribution in [-0.4, -0.2) is 42.8 Å². The van der Waals surface area contributed by atoms with Crippen LogP contribution in [0.5, 0.6) is 0 Å². The number of alkyl carbamates (subject to hydrolysis) is 1. The van der Waals surface area contributed by atoms with E-state index in [1.807, 2.05) is 37.3 Å². The average molecular weight is 403 g/mol. The fourth-order valence-electron chi connectivity index (χ4n) is 3.19. The minimum absolute atomic E-state index is 0.0997. The van der Waals surface area contributed by atoms with Crippen molar-refractivity contribution in [3.63, 3.8) is 0 Å². The second kappa shape index (κ2) is 11.8. The molecule has 1 unspecified atom stereocenters. The van der Waals surface area contributed by atoms with Gasteiger partial charge >= 0.3 is 6.09 Å². The van der Waals surface area contributed by atoms with Crippen molar-refractivity contribution in [2.75, 3.05) is 6.54 Å². The maximum Gasteiger partial charge on any atom is 0.408 e. The third kappa shape index (κ3) is 7.56. The lowest BCUT2D eigenvalue weighted by atomic mass is 9.98. The van der Waals surface area contributed by atoms with E-state index in [-0.39, 0.29) is 24.9 Å². The Hall–Kier alpha value is -2.90. The number of benzene rings is 1. The van der Waals surface area contributed by atoms with Crippen molar-refractivity contribution >= 4 is 24.2 Å². The number of unbranched alkanes of at least 4 members (excludes halogenated alkanes) is 1. The average Bonchev–Trinajstić information content (AvgIpc) is 3.14. The summed E-state index contributed by atoms with van der Waals surface area (Å²) in [5.41, 5.74) is 0.841. The summed E-state index contributed by atoms with van der Waals surface area (Å²) in [6, 6.07) is 7.65. The second-order valence-corrected chi connectivity index (χ2v) is 7.16. The first-order valence-corrected chi connectivity index (χ1v) is 10.0. The first-order valence-electron chi connectivity index (χ1n) is 10.0. The van der Waals surface area contributed by atoms with E-state index in [9.17, 15) is 19.2 Å². The lowest BCUT2D eigenvalue weighted by molar-refractivity contribution is -0.127. The third-order valence-electron chi connectivity index (χ3n) is 4.86. The molecule has 0 aliphatic carbocycles. The van der Waals surface area contributed by atoms with Crippen LogP contribution in [0.2, 0.25) is 0 Å². The topological polar surface area (TPSA) is 114 Å². The molecule has 8 nitrogen and oxygen atoms in total. The first kappa shape index (κ1) is 22.4. The minimum Gasteiger partial charge on any atom is -0.445 e. The zero-order valence-corrected chi connectivity index (χ0v) is 16.7. The molecule has 3 N–H and O–H groups in total. The molecule has 1 aliphatic rings. The summed E-state index contributed by atoms with van der Waals surface area (Å²) >= 11 is 0. The molecule has 8 heteroatoms. The Morgan fingerprint density at radius 2 is 2.03 bits per heavy atom. The Kier molecular flexibility index (Phi) is 9.14. The summed E-state index contributed by atoms with van der Waals surface area (Å²) in [5, 5.41) is 7.95. The largest absolute Gasteiger partial charge is 0.445 e. The maximum atomic E-state index is 12.6. The van der Waals surface area contributed by atoms with Crippen molar-refractivity contribution in [3.05, 3.63) is 35.9 Å². The summed E-state index contributed by atoms with van der Waals surface area (Å²) in [4.78, 5) is 47.9. The standard InChI is InChI=1S/C21H29N3O5/c1-2-3-9-18(24-21(28)29-14-15-7-5-4-6-8-15)20(27)23-17(13-25)12-16-10-11-22-19(16)26/h4-8,13,16-18H,2-3,9-12,14H2,1H3,(H,22,26)(H,23,27)(H,24,28)/t16?,17-,18-/m0/s1. The number of aldehydes is 1. The Balaban J connectivity index is 1.88. The predicted octanol–water partition coefficient (Wildman–Crippen LogP) is 1.68. The van der Waals surface area contributed by atoms with Gasteiger partial charge in [-0.05, 0) is 24.8 Å². The van der Waals surface area contributed by atoms with Gasteiger partial charge < -0.3 is 25.5 Å². The van der Waals surface area contributed by atoms with Crippen LogP contribution in [0.4, 0.5) is 4.79 Å². The van der Waals surface area contributed by atoms with Gasteiger partial charge in [0.25, 0.3) is 0 Å². The lowest BCUT2D eigenvalue weighted by Gasteiger charge is -2.21. The number of hydrogen-bond donors (Lipinski definition) is 3. The zero-order chi connectivity index (χ0) is 21.1. The van der Waals surface area contributed by atoms with Crippen LogP contribution in [0.15, 0.2) is 30.3 Å². The van der Waals surface area contributed by atoms with E-state index in [0.29, 0.717) is 25.7 Å². The van der Waals surface area contributed by atoms with E-state index < -0.39 is 24.1 Å².